The number of nitrogens with zero attached hydrogens (tertiary/aromatic N) is 3. The summed E-state index contributed by atoms with van der Waals surface area (Å²) in [6.07, 6.45) is 0. The van der Waals surface area contributed by atoms with E-state index in [9.17, 15) is 0 Å². The van der Waals surface area contributed by atoms with E-state index in [-0.39, 0.29) is 0 Å². The fraction of sp³-hybridized carbons (Fsp3) is 0.0909. The van der Waals surface area contributed by atoms with E-state index < -0.39 is 0 Å². The summed E-state index contributed by atoms with van der Waals surface area (Å²) in [5.41, 5.74) is 6.97. The summed E-state index contributed by atoms with van der Waals surface area (Å²) in [7, 11) is 0. The molecule has 0 unspecified atom stereocenters. The maximum Gasteiger partial charge on any atom is 0.0748 e. The average molecular weight is 619 g/mol. The largest absolute Gasteiger partial charge is 0.300 e. The van der Waals surface area contributed by atoms with Crippen LogP contribution in [0.5, 0.6) is 0 Å². The first-order valence-corrected chi connectivity index (χ1v) is 16.3. The molecule has 0 aromatic heterocycles. The van der Waals surface area contributed by atoms with Crippen LogP contribution in [0.2, 0.25) is 0 Å². The molecule has 0 aliphatic carbocycles. The molecular formula is C44H34N4. The highest BCUT2D eigenvalue weighted by atomic mass is 14.7. The van der Waals surface area contributed by atoms with Crippen molar-refractivity contribution < 1.29 is 0 Å². The second kappa shape index (κ2) is 11.7. The second-order valence-corrected chi connectivity index (χ2v) is 12.6. The minimum Gasteiger partial charge on any atom is -0.300 e. The summed E-state index contributed by atoms with van der Waals surface area (Å²) in [5, 5.41) is 21.0. The summed E-state index contributed by atoms with van der Waals surface area (Å²) in [6.45, 7) is 8.40. The average Bonchev–Trinajstić information content (AvgIpc) is 3.12. The summed E-state index contributed by atoms with van der Waals surface area (Å²) >= 11 is 0. The Morgan fingerprint density at radius 3 is 1.00 bits per heavy atom. The van der Waals surface area contributed by atoms with E-state index in [1.165, 1.54) is 0 Å². The Morgan fingerprint density at radius 1 is 0.354 bits per heavy atom. The van der Waals surface area contributed by atoms with Gasteiger partial charge in [-0.05, 0) is 144 Å². The topological polar surface area (TPSA) is 60.9 Å². The van der Waals surface area contributed by atoms with E-state index in [2.05, 4.69) is 57.2 Å². The van der Waals surface area contributed by atoms with Crippen LogP contribution in [0.15, 0.2) is 142 Å². The van der Waals surface area contributed by atoms with Crippen LogP contribution < -0.4 is 21.4 Å². The molecule has 4 heteroatoms. The van der Waals surface area contributed by atoms with Crippen LogP contribution in [0.4, 0.5) is 17.1 Å². The van der Waals surface area contributed by atoms with Crippen molar-refractivity contribution in [3.8, 4) is 0 Å². The molecule has 0 fully saturated rings. The molecule has 8 aromatic rings. The Morgan fingerprint density at radius 2 is 0.646 bits per heavy atom. The standard InChI is InChI=1S/C44H34N4/c1-26-27(2)42(46-34-14-8-5-9-15-34)38-23-31-21-33-25-40-39(24-32(33)20-30(31)22-37(38)41(26)45)43(47-35-16-10-6-11-17-35)28(3)29(4)44(40)48-36-18-12-7-13-19-36/h5-25,45H,1-4H3. The summed E-state index contributed by atoms with van der Waals surface area (Å²) in [5.74, 6) is 0. The second-order valence-electron chi connectivity index (χ2n) is 12.6. The molecule has 0 aliphatic rings. The van der Waals surface area contributed by atoms with Gasteiger partial charge in [0.2, 0.25) is 0 Å². The van der Waals surface area contributed by atoms with Crippen LogP contribution in [0, 0.1) is 33.1 Å². The molecule has 48 heavy (non-hydrogen) atoms. The lowest BCUT2D eigenvalue weighted by atomic mass is 9.93. The molecule has 0 saturated carbocycles. The maximum absolute atomic E-state index is 9.08. The van der Waals surface area contributed by atoms with Crippen LogP contribution in [0.3, 0.4) is 0 Å². The molecule has 0 amide bonds. The van der Waals surface area contributed by atoms with Gasteiger partial charge in [0.25, 0.3) is 0 Å². The van der Waals surface area contributed by atoms with E-state index in [1.54, 1.807) is 0 Å². The molecule has 0 heterocycles. The number of hydrogen-bond acceptors (Lipinski definition) is 4. The summed E-state index contributed by atoms with van der Waals surface area (Å²) in [6, 6.07) is 43.8. The van der Waals surface area contributed by atoms with Crippen LogP contribution >= 0.6 is 0 Å². The smallest absolute Gasteiger partial charge is 0.0748 e. The van der Waals surface area contributed by atoms with Gasteiger partial charge < -0.3 is 0 Å². The zero-order valence-electron chi connectivity index (χ0n) is 27.5. The predicted octanol–water partition coefficient (Wildman–Crippen LogP) is 9.59. The van der Waals surface area contributed by atoms with E-state index >= 15 is 0 Å². The van der Waals surface area contributed by atoms with Crippen LogP contribution in [0.25, 0.3) is 43.1 Å². The molecule has 0 atom stereocenters. The SMILES string of the molecule is Cc1c(C)c(=Nc2ccccc2)c2cc3cc4cc5c(=Nc6ccccc6)c(C)c(C)c(=Nc6ccccc6)c5cc4cc3cc2c1=N. The summed E-state index contributed by atoms with van der Waals surface area (Å²) < 4.78 is 0. The lowest BCUT2D eigenvalue weighted by Gasteiger charge is -2.12. The van der Waals surface area contributed by atoms with Crippen LogP contribution in [-0.4, -0.2) is 0 Å². The minimum atomic E-state index is 0.553. The molecule has 4 nitrogen and oxygen atoms in total. The first kappa shape index (κ1) is 29.4. The third-order valence-electron chi connectivity index (χ3n) is 9.66. The molecule has 0 aliphatic heterocycles. The van der Waals surface area contributed by atoms with E-state index in [0.717, 1.165) is 98.5 Å². The highest BCUT2D eigenvalue weighted by Gasteiger charge is 2.13. The van der Waals surface area contributed by atoms with Crippen molar-refractivity contribution in [2.24, 2.45) is 15.0 Å². The normalized spacial score (nSPS) is 13.0. The Hall–Kier alpha value is -6.00. The monoisotopic (exact) mass is 618 g/mol. The van der Waals surface area contributed by atoms with Crippen molar-refractivity contribution in [1.29, 1.82) is 5.41 Å². The number of nitrogens with one attached hydrogen (secondary N) is 1. The van der Waals surface area contributed by atoms with Gasteiger partial charge in [0, 0.05) is 21.5 Å². The third kappa shape index (κ3) is 5.03. The molecule has 8 aromatic carbocycles. The van der Waals surface area contributed by atoms with Gasteiger partial charge in [0.15, 0.2) is 0 Å². The molecule has 0 spiro atoms. The van der Waals surface area contributed by atoms with Crippen LogP contribution in [-0.2, 0) is 0 Å². The summed E-state index contributed by atoms with van der Waals surface area (Å²) in [4.78, 5) is 15.5. The minimum absolute atomic E-state index is 0.553. The molecule has 0 radical (unpaired) electrons. The lowest BCUT2D eigenvalue weighted by molar-refractivity contribution is 1.17. The zero-order valence-corrected chi connectivity index (χ0v) is 27.5. The fourth-order valence-corrected chi connectivity index (χ4v) is 6.75. The van der Waals surface area contributed by atoms with Crippen molar-refractivity contribution in [1.82, 2.24) is 0 Å². The van der Waals surface area contributed by atoms with Crippen molar-refractivity contribution in [3.63, 3.8) is 0 Å². The number of benzene rings is 8. The van der Waals surface area contributed by atoms with Gasteiger partial charge in [-0.1, -0.05) is 54.6 Å². The van der Waals surface area contributed by atoms with Gasteiger partial charge in [-0.15, -0.1) is 0 Å². The zero-order chi connectivity index (χ0) is 32.9. The van der Waals surface area contributed by atoms with Crippen molar-refractivity contribution >= 4 is 60.2 Å². The number of fused-ring (bicyclic) bond motifs is 4. The fourth-order valence-electron chi connectivity index (χ4n) is 6.75. The van der Waals surface area contributed by atoms with Gasteiger partial charge in [-0.3, -0.25) is 5.41 Å². The van der Waals surface area contributed by atoms with E-state index in [1.807, 2.05) is 97.9 Å². The van der Waals surface area contributed by atoms with Gasteiger partial charge in [-0.25, -0.2) is 15.0 Å². The van der Waals surface area contributed by atoms with Crippen molar-refractivity contribution in [2.45, 2.75) is 27.7 Å². The van der Waals surface area contributed by atoms with Crippen molar-refractivity contribution in [3.05, 3.63) is 171 Å². The Labute approximate surface area is 278 Å². The number of para-hydroxylation sites is 3. The highest BCUT2D eigenvalue weighted by Crippen LogP contribution is 2.29. The van der Waals surface area contributed by atoms with Crippen LogP contribution in [0.1, 0.15) is 22.3 Å². The Kier molecular flexibility index (Phi) is 7.14. The first-order chi connectivity index (χ1) is 23.4. The van der Waals surface area contributed by atoms with E-state index in [4.69, 9.17) is 20.4 Å². The molecule has 230 valence electrons. The predicted molar refractivity (Wildman–Crippen MR) is 199 cm³/mol. The van der Waals surface area contributed by atoms with E-state index in [0.29, 0.717) is 5.36 Å². The molecular weight excluding hydrogens is 585 g/mol. The third-order valence-corrected chi connectivity index (χ3v) is 9.66. The highest BCUT2D eigenvalue weighted by molar-refractivity contribution is 6.08. The van der Waals surface area contributed by atoms with Gasteiger partial charge in [-0.2, -0.15) is 0 Å². The maximum atomic E-state index is 9.08. The Bertz CT molecular complexity index is 2810. The van der Waals surface area contributed by atoms with Gasteiger partial charge >= 0.3 is 0 Å². The van der Waals surface area contributed by atoms with Gasteiger partial charge in [0.05, 0.1) is 38.5 Å². The number of hydrogen-bond donors (Lipinski definition) is 1. The number of rotatable bonds is 3. The quantitative estimate of drug-likeness (QED) is 0.192. The molecule has 0 saturated heterocycles. The Balaban J connectivity index is 1.48. The molecule has 8 rings (SSSR count). The first-order valence-electron chi connectivity index (χ1n) is 16.3. The van der Waals surface area contributed by atoms with Crippen molar-refractivity contribution in [2.75, 3.05) is 0 Å². The van der Waals surface area contributed by atoms with Gasteiger partial charge in [0.1, 0.15) is 0 Å². The lowest BCUT2D eigenvalue weighted by Crippen LogP contribution is -2.20. The molecule has 1 N–H and O–H groups in total. The molecule has 0 bridgehead atoms.